The van der Waals surface area contributed by atoms with E-state index in [2.05, 4.69) is 19.9 Å². The van der Waals surface area contributed by atoms with Crippen LogP contribution in [-0.2, 0) is 6.42 Å². The van der Waals surface area contributed by atoms with Crippen LogP contribution in [0.3, 0.4) is 0 Å². The molecule has 1 fully saturated rings. The molecule has 0 spiro atoms. The van der Waals surface area contributed by atoms with E-state index in [-0.39, 0.29) is 11.8 Å². The van der Waals surface area contributed by atoms with Gasteiger partial charge in [0.15, 0.2) is 5.89 Å². The highest BCUT2D eigenvalue weighted by Gasteiger charge is 2.29. The van der Waals surface area contributed by atoms with Gasteiger partial charge in [-0.2, -0.15) is 0 Å². The minimum absolute atomic E-state index is 0.0630. The van der Waals surface area contributed by atoms with E-state index < -0.39 is 0 Å². The highest BCUT2D eigenvalue weighted by Crippen LogP contribution is 2.28. The largest absolute Gasteiger partial charge is 0.497 e. The summed E-state index contributed by atoms with van der Waals surface area (Å²) in [4.78, 5) is 32.2. The number of likely N-dealkylation sites (tertiary alicyclic amines) is 1. The van der Waals surface area contributed by atoms with Crippen LogP contribution in [0.4, 0.5) is 0 Å². The van der Waals surface area contributed by atoms with Crippen LogP contribution in [0.2, 0.25) is 0 Å². The zero-order valence-corrected chi connectivity index (χ0v) is 18.9. The third-order valence-electron chi connectivity index (χ3n) is 5.99. The molecule has 1 aliphatic heterocycles. The molecule has 1 aliphatic rings. The van der Waals surface area contributed by atoms with Crippen LogP contribution < -0.4 is 4.74 Å². The molecule has 5 rings (SSSR count). The monoisotopic (exact) mass is 455 g/mol. The molecule has 0 N–H and O–H groups in total. The number of amides is 1. The molecule has 0 radical (unpaired) electrons. The molecule has 8 heteroatoms. The normalized spacial score (nSPS) is 15.8. The van der Waals surface area contributed by atoms with Gasteiger partial charge in [-0.25, -0.2) is 19.9 Å². The fourth-order valence-corrected chi connectivity index (χ4v) is 4.21. The molecular weight excluding hydrogens is 430 g/mol. The van der Waals surface area contributed by atoms with Crippen molar-refractivity contribution in [1.29, 1.82) is 0 Å². The van der Waals surface area contributed by atoms with Crippen molar-refractivity contribution in [3.63, 3.8) is 0 Å². The van der Waals surface area contributed by atoms with Crippen molar-refractivity contribution < 1.29 is 13.9 Å². The Hall–Kier alpha value is -4.07. The smallest absolute Gasteiger partial charge is 0.272 e. The number of benzene rings is 1. The molecule has 1 saturated heterocycles. The molecule has 34 heavy (non-hydrogen) atoms. The van der Waals surface area contributed by atoms with Crippen LogP contribution in [0.5, 0.6) is 5.75 Å². The number of methoxy groups -OCH3 is 1. The maximum Gasteiger partial charge on any atom is 0.272 e. The number of rotatable bonds is 6. The Bertz CT molecular complexity index is 1260. The van der Waals surface area contributed by atoms with E-state index in [9.17, 15) is 4.79 Å². The number of oxazole rings is 1. The number of pyridine rings is 1. The fraction of sp³-hybridized carbons (Fsp3) is 0.269. The average molecular weight is 456 g/mol. The van der Waals surface area contributed by atoms with E-state index >= 15 is 0 Å². The number of piperidine rings is 1. The molecule has 3 aromatic heterocycles. The van der Waals surface area contributed by atoms with Crippen molar-refractivity contribution >= 4 is 5.91 Å². The van der Waals surface area contributed by atoms with E-state index in [0.717, 1.165) is 35.5 Å². The number of aromatic nitrogens is 4. The van der Waals surface area contributed by atoms with Gasteiger partial charge in [0.2, 0.25) is 0 Å². The van der Waals surface area contributed by atoms with Gasteiger partial charge in [-0.1, -0.05) is 18.2 Å². The Morgan fingerprint density at radius 2 is 1.94 bits per heavy atom. The summed E-state index contributed by atoms with van der Waals surface area (Å²) in [5.41, 5.74) is 2.99. The first-order valence-electron chi connectivity index (χ1n) is 11.3. The zero-order valence-electron chi connectivity index (χ0n) is 18.9. The lowest BCUT2D eigenvalue weighted by molar-refractivity contribution is 0.0692. The van der Waals surface area contributed by atoms with Gasteiger partial charge < -0.3 is 14.1 Å². The Morgan fingerprint density at radius 1 is 1.12 bits per heavy atom. The lowest BCUT2D eigenvalue weighted by atomic mass is 9.97. The standard InChI is InChI=1S/C26H25N5O3/c1-33-21-9-7-18(8-10-21)12-22-15-29-25(34-22)19-4-3-11-31(16-19)26(32)24-6-2-5-23(30-24)20-13-27-17-28-14-20/h2,5-10,13-15,17,19H,3-4,11-12,16H2,1H3/t19-/m0/s1. The Labute approximate surface area is 197 Å². The number of carbonyl (C=O) groups excluding carboxylic acids is 1. The molecule has 0 unspecified atom stereocenters. The third-order valence-corrected chi connectivity index (χ3v) is 5.99. The van der Waals surface area contributed by atoms with Gasteiger partial charge in [0.1, 0.15) is 23.5 Å². The van der Waals surface area contributed by atoms with Crippen LogP contribution in [0, 0.1) is 0 Å². The van der Waals surface area contributed by atoms with Crippen LogP contribution in [0.25, 0.3) is 11.3 Å². The highest BCUT2D eigenvalue weighted by atomic mass is 16.5. The first-order chi connectivity index (χ1) is 16.7. The summed E-state index contributed by atoms with van der Waals surface area (Å²) in [6.45, 7) is 1.25. The van der Waals surface area contributed by atoms with Gasteiger partial charge in [-0.3, -0.25) is 4.79 Å². The summed E-state index contributed by atoms with van der Waals surface area (Å²) in [6, 6.07) is 13.3. The summed E-state index contributed by atoms with van der Waals surface area (Å²) < 4.78 is 11.3. The third kappa shape index (κ3) is 4.80. The van der Waals surface area contributed by atoms with Gasteiger partial charge >= 0.3 is 0 Å². The van der Waals surface area contributed by atoms with Gasteiger partial charge in [0, 0.05) is 37.5 Å². The van der Waals surface area contributed by atoms with Crippen LogP contribution in [-0.4, -0.2) is 50.9 Å². The first kappa shape index (κ1) is 21.8. The number of carbonyl (C=O) groups is 1. The summed E-state index contributed by atoms with van der Waals surface area (Å²) >= 11 is 0. The van der Waals surface area contributed by atoms with E-state index in [1.54, 1.807) is 31.8 Å². The van der Waals surface area contributed by atoms with Crippen molar-refractivity contribution in [2.45, 2.75) is 25.2 Å². The van der Waals surface area contributed by atoms with E-state index in [1.807, 2.05) is 41.3 Å². The highest BCUT2D eigenvalue weighted by molar-refractivity contribution is 5.93. The molecular formula is C26H25N5O3. The lowest BCUT2D eigenvalue weighted by Gasteiger charge is -2.31. The van der Waals surface area contributed by atoms with Gasteiger partial charge in [-0.15, -0.1) is 0 Å². The lowest BCUT2D eigenvalue weighted by Crippen LogP contribution is -2.39. The SMILES string of the molecule is COc1ccc(Cc2cnc([C@H]3CCCN(C(=O)c4cccc(-c5cncnc5)n4)C3)o2)cc1. The second-order valence-corrected chi connectivity index (χ2v) is 8.32. The average Bonchev–Trinajstić information content (AvgIpc) is 3.38. The molecule has 172 valence electrons. The van der Waals surface area contributed by atoms with Gasteiger partial charge in [0.05, 0.1) is 24.9 Å². The number of nitrogens with zero attached hydrogens (tertiary/aromatic N) is 5. The molecule has 4 heterocycles. The van der Waals surface area contributed by atoms with Crippen molar-refractivity contribution in [2.24, 2.45) is 0 Å². The summed E-state index contributed by atoms with van der Waals surface area (Å²) in [7, 11) is 1.65. The first-order valence-corrected chi connectivity index (χ1v) is 11.3. The van der Waals surface area contributed by atoms with Crippen molar-refractivity contribution in [1.82, 2.24) is 24.8 Å². The van der Waals surface area contributed by atoms with Crippen molar-refractivity contribution in [2.75, 3.05) is 20.2 Å². The Morgan fingerprint density at radius 3 is 2.74 bits per heavy atom. The molecule has 1 aromatic carbocycles. The second-order valence-electron chi connectivity index (χ2n) is 8.32. The van der Waals surface area contributed by atoms with Gasteiger partial charge in [0.25, 0.3) is 5.91 Å². The maximum absolute atomic E-state index is 13.2. The van der Waals surface area contributed by atoms with Crippen molar-refractivity contribution in [3.8, 4) is 17.0 Å². The van der Waals surface area contributed by atoms with Crippen LogP contribution in [0.15, 0.2) is 71.8 Å². The molecule has 0 aliphatic carbocycles. The van der Waals surface area contributed by atoms with E-state index in [0.29, 0.717) is 36.8 Å². The number of hydrogen-bond donors (Lipinski definition) is 0. The minimum atomic E-state index is -0.0894. The Balaban J connectivity index is 1.26. The summed E-state index contributed by atoms with van der Waals surface area (Å²) in [6.07, 6.45) is 9.11. The second kappa shape index (κ2) is 9.82. The molecule has 1 atom stereocenters. The molecule has 0 bridgehead atoms. The Kier molecular flexibility index (Phi) is 6.29. The zero-order chi connectivity index (χ0) is 23.3. The number of hydrogen-bond acceptors (Lipinski definition) is 7. The van der Waals surface area contributed by atoms with E-state index in [4.69, 9.17) is 9.15 Å². The van der Waals surface area contributed by atoms with E-state index in [1.165, 1.54) is 6.33 Å². The topological polar surface area (TPSA) is 94.2 Å². The minimum Gasteiger partial charge on any atom is -0.497 e. The molecule has 0 saturated carbocycles. The number of ether oxygens (including phenoxy) is 1. The summed E-state index contributed by atoms with van der Waals surface area (Å²) in [5.74, 6) is 2.29. The molecule has 1 amide bonds. The van der Waals surface area contributed by atoms with Crippen LogP contribution in [0.1, 0.15) is 46.5 Å². The molecule has 8 nitrogen and oxygen atoms in total. The molecule has 4 aromatic rings. The summed E-state index contributed by atoms with van der Waals surface area (Å²) in [5, 5.41) is 0. The maximum atomic E-state index is 13.2. The van der Waals surface area contributed by atoms with Crippen molar-refractivity contribution in [3.05, 3.63) is 90.3 Å². The quantitative estimate of drug-likeness (QED) is 0.431. The van der Waals surface area contributed by atoms with Crippen LogP contribution >= 0.6 is 0 Å². The predicted octanol–water partition coefficient (Wildman–Crippen LogP) is 4.15. The van der Waals surface area contributed by atoms with Gasteiger partial charge in [-0.05, 0) is 42.7 Å². The fourth-order valence-electron chi connectivity index (χ4n) is 4.21. The predicted molar refractivity (Wildman–Crippen MR) is 125 cm³/mol.